The van der Waals surface area contributed by atoms with E-state index in [2.05, 4.69) is 5.32 Å². The van der Waals surface area contributed by atoms with Crippen molar-refractivity contribution in [3.05, 3.63) is 64.7 Å². The molecule has 6 heteroatoms. The molecular weight excluding hydrogens is 384 g/mol. The molecule has 2 aromatic rings. The first-order valence-corrected chi connectivity index (χ1v) is 11.5. The topological polar surface area (TPSA) is 66.5 Å². The SMILES string of the molecule is Cc1cc(C)c(S(=O)(=O)N2CCC(C)(C(=O)NCc3ccccc3)CC2)c(C)c1. The lowest BCUT2D eigenvalue weighted by Gasteiger charge is -2.38. The summed E-state index contributed by atoms with van der Waals surface area (Å²) in [5.74, 6) is -0.0129. The summed E-state index contributed by atoms with van der Waals surface area (Å²) in [5.41, 5.74) is 3.10. The van der Waals surface area contributed by atoms with E-state index in [9.17, 15) is 13.2 Å². The van der Waals surface area contributed by atoms with Crippen molar-refractivity contribution in [3.63, 3.8) is 0 Å². The zero-order valence-electron chi connectivity index (χ0n) is 17.7. The van der Waals surface area contributed by atoms with Crippen molar-refractivity contribution in [2.75, 3.05) is 13.1 Å². The maximum absolute atomic E-state index is 13.3. The Morgan fingerprint density at radius 1 is 1.03 bits per heavy atom. The molecule has 0 bridgehead atoms. The maximum Gasteiger partial charge on any atom is 0.243 e. The number of aryl methyl sites for hydroxylation is 3. The third kappa shape index (κ3) is 4.54. The smallest absolute Gasteiger partial charge is 0.243 e. The number of nitrogens with zero attached hydrogens (tertiary/aromatic N) is 1. The summed E-state index contributed by atoms with van der Waals surface area (Å²) in [5, 5.41) is 3.01. The van der Waals surface area contributed by atoms with Gasteiger partial charge in [0.25, 0.3) is 0 Å². The van der Waals surface area contributed by atoms with Gasteiger partial charge in [0.05, 0.1) is 4.90 Å². The zero-order chi connectivity index (χ0) is 21.2. The van der Waals surface area contributed by atoms with Crippen molar-refractivity contribution in [2.24, 2.45) is 5.41 Å². The number of amides is 1. The molecule has 1 N–H and O–H groups in total. The number of piperidine rings is 1. The largest absolute Gasteiger partial charge is 0.352 e. The van der Waals surface area contributed by atoms with Gasteiger partial charge in [-0.3, -0.25) is 4.79 Å². The second kappa shape index (κ2) is 8.28. The quantitative estimate of drug-likeness (QED) is 0.811. The summed E-state index contributed by atoms with van der Waals surface area (Å²) in [6, 6.07) is 13.6. The van der Waals surface area contributed by atoms with Gasteiger partial charge < -0.3 is 5.32 Å². The van der Waals surface area contributed by atoms with E-state index in [-0.39, 0.29) is 5.91 Å². The Kier molecular flexibility index (Phi) is 6.15. The molecule has 0 unspecified atom stereocenters. The van der Waals surface area contributed by atoms with E-state index < -0.39 is 15.4 Å². The van der Waals surface area contributed by atoms with Crippen molar-refractivity contribution < 1.29 is 13.2 Å². The molecule has 1 amide bonds. The molecule has 0 atom stereocenters. The highest BCUT2D eigenvalue weighted by Gasteiger charge is 2.40. The summed E-state index contributed by atoms with van der Waals surface area (Å²) >= 11 is 0. The van der Waals surface area contributed by atoms with Crippen LogP contribution in [0.5, 0.6) is 0 Å². The van der Waals surface area contributed by atoms with E-state index in [0.717, 1.165) is 22.3 Å². The summed E-state index contributed by atoms with van der Waals surface area (Å²) in [6.07, 6.45) is 1.02. The van der Waals surface area contributed by atoms with Gasteiger partial charge in [0.15, 0.2) is 0 Å². The Balaban J connectivity index is 1.68. The lowest BCUT2D eigenvalue weighted by Crippen LogP contribution is -2.48. The fraction of sp³-hybridized carbons (Fsp3) is 0.435. The minimum atomic E-state index is -3.57. The van der Waals surface area contributed by atoms with Crippen molar-refractivity contribution in [3.8, 4) is 0 Å². The standard InChI is InChI=1S/C23H30N2O3S/c1-17-14-18(2)21(19(3)15-17)29(27,28)25-12-10-23(4,11-13-25)22(26)24-16-20-8-6-5-7-9-20/h5-9,14-15H,10-13,16H2,1-4H3,(H,24,26). The molecule has 0 aliphatic carbocycles. The van der Waals surface area contributed by atoms with Crippen LogP contribution in [0.2, 0.25) is 0 Å². The minimum absolute atomic E-state index is 0.0129. The molecule has 1 saturated heterocycles. The van der Waals surface area contributed by atoms with Gasteiger partial charge in [-0.2, -0.15) is 4.31 Å². The van der Waals surface area contributed by atoms with Crippen LogP contribution in [0, 0.1) is 26.2 Å². The summed E-state index contributed by atoms with van der Waals surface area (Å²) in [6.45, 7) is 8.78. The normalized spacial score (nSPS) is 17.1. The van der Waals surface area contributed by atoms with Crippen LogP contribution < -0.4 is 5.32 Å². The number of hydrogen-bond donors (Lipinski definition) is 1. The van der Waals surface area contributed by atoms with E-state index in [4.69, 9.17) is 0 Å². The fourth-order valence-electron chi connectivity index (χ4n) is 4.14. The van der Waals surface area contributed by atoms with Gasteiger partial charge >= 0.3 is 0 Å². The van der Waals surface area contributed by atoms with Crippen LogP contribution in [0.1, 0.15) is 42.0 Å². The van der Waals surface area contributed by atoms with E-state index in [0.29, 0.717) is 37.4 Å². The zero-order valence-corrected chi connectivity index (χ0v) is 18.5. The highest BCUT2D eigenvalue weighted by atomic mass is 32.2. The van der Waals surface area contributed by atoms with Crippen molar-refractivity contribution in [1.29, 1.82) is 0 Å². The van der Waals surface area contributed by atoms with Gasteiger partial charge in [-0.1, -0.05) is 55.0 Å². The Morgan fingerprint density at radius 3 is 2.14 bits per heavy atom. The number of rotatable bonds is 5. The molecule has 156 valence electrons. The van der Waals surface area contributed by atoms with E-state index >= 15 is 0 Å². The monoisotopic (exact) mass is 414 g/mol. The first-order valence-electron chi connectivity index (χ1n) is 10.0. The lowest BCUT2D eigenvalue weighted by atomic mass is 9.80. The average Bonchev–Trinajstić information content (AvgIpc) is 2.66. The van der Waals surface area contributed by atoms with Gasteiger partial charge in [-0.05, 0) is 50.3 Å². The molecule has 0 radical (unpaired) electrons. The number of benzene rings is 2. The molecule has 3 rings (SSSR count). The molecule has 1 heterocycles. The fourth-order valence-corrected chi connectivity index (χ4v) is 5.99. The molecule has 2 aromatic carbocycles. The summed E-state index contributed by atoms with van der Waals surface area (Å²) < 4.78 is 28.0. The van der Waals surface area contributed by atoms with Crippen LogP contribution >= 0.6 is 0 Å². The molecule has 29 heavy (non-hydrogen) atoms. The van der Waals surface area contributed by atoms with Crippen LogP contribution in [-0.2, 0) is 21.4 Å². The third-order valence-electron chi connectivity index (χ3n) is 5.87. The molecular formula is C23H30N2O3S. The van der Waals surface area contributed by atoms with Gasteiger partial charge in [0.2, 0.25) is 15.9 Å². The second-order valence-electron chi connectivity index (χ2n) is 8.36. The number of hydrogen-bond acceptors (Lipinski definition) is 3. The van der Waals surface area contributed by atoms with Crippen molar-refractivity contribution in [1.82, 2.24) is 9.62 Å². The van der Waals surface area contributed by atoms with Crippen LogP contribution in [0.15, 0.2) is 47.4 Å². The summed E-state index contributed by atoms with van der Waals surface area (Å²) in [7, 11) is -3.57. The number of nitrogens with one attached hydrogen (secondary N) is 1. The predicted octanol–water partition coefficient (Wildman–Crippen LogP) is 3.72. The van der Waals surface area contributed by atoms with E-state index in [1.165, 1.54) is 4.31 Å². The van der Waals surface area contributed by atoms with Crippen LogP contribution in [0.3, 0.4) is 0 Å². The van der Waals surface area contributed by atoms with Gasteiger partial charge in [0, 0.05) is 25.0 Å². The van der Waals surface area contributed by atoms with E-state index in [1.54, 1.807) is 0 Å². The number of carbonyl (C=O) groups is 1. The molecule has 1 aliphatic heterocycles. The van der Waals surface area contributed by atoms with Crippen LogP contribution in [-0.4, -0.2) is 31.7 Å². The molecule has 0 saturated carbocycles. The predicted molar refractivity (Wildman–Crippen MR) is 115 cm³/mol. The van der Waals surface area contributed by atoms with Gasteiger partial charge in [-0.25, -0.2) is 8.42 Å². The van der Waals surface area contributed by atoms with Gasteiger partial charge in [0.1, 0.15) is 0 Å². The Hall–Kier alpha value is -2.18. The highest BCUT2D eigenvalue weighted by molar-refractivity contribution is 7.89. The summed E-state index contributed by atoms with van der Waals surface area (Å²) in [4.78, 5) is 13.2. The highest BCUT2D eigenvalue weighted by Crippen LogP contribution is 2.35. The average molecular weight is 415 g/mol. The van der Waals surface area contributed by atoms with Crippen molar-refractivity contribution in [2.45, 2.75) is 52.0 Å². The Labute approximate surface area is 174 Å². The second-order valence-corrected chi connectivity index (χ2v) is 10.2. The minimum Gasteiger partial charge on any atom is -0.352 e. The molecule has 5 nitrogen and oxygen atoms in total. The molecule has 0 spiro atoms. The molecule has 1 fully saturated rings. The first-order chi connectivity index (χ1) is 13.6. The Morgan fingerprint density at radius 2 is 1.59 bits per heavy atom. The number of sulfonamides is 1. The lowest BCUT2D eigenvalue weighted by molar-refractivity contribution is -0.132. The number of carbonyl (C=O) groups excluding carboxylic acids is 1. The van der Waals surface area contributed by atoms with Crippen molar-refractivity contribution >= 4 is 15.9 Å². The maximum atomic E-state index is 13.3. The van der Waals surface area contributed by atoms with Crippen LogP contribution in [0.4, 0.5) is 0 Å². The van der Waals surface area contributed by atoms with Gasteiger partial charge in [-0.15, -0.1) is 0 Å². The Bertz CT molecular complexity index is 969. The van der Waals surface area contributed by atoms with Crippen LogP contribution in [0.25, 0.3) is 0 Å². The van der Waals surface area contributed by atoms with E-state index in [1.807, 2.05) is 70.2 Å². The first kappa shape index (κ1) is 21.5. The molecule has 1 aliphatic rings. The molecule has 0 aromatic heterocycles. The third-order valence-corrected chi connectivity index (χ3v) is 8.08.